The first-order valence-electron chi connectivity index (χ1n) is 8.30. The average molecular weight is 427 g/mol. The van der Waals surface area contributed by atoms with Gasteiger partial charge < -0.3 is 20.1 Å². The quantitative estimate of drug-likeness (QED) is 0.713. The van der Waals surface area contributed by atoms with E-state index in [-0.39, 0.29) is 41.5 Å². The largest absolute Gasteiger partial charge is 0.487 e. The summed E-state index contributed by atoms with van der Waals surface area (Å²) in [5, 5.41) is 21.4. The van der Waals surface area contributed by atoms with E-state index in [0.29, 0.717) is 0 Å². The molecule has 0 spiro atoms. The predicted octanol–water partition coefficient (Wildman–Crippen LogP) is 2.89. The second-order valence-corrected chi connectivity index (χ2v) is 6.66. The van der Waals surface area contributed by atoms with Crippen LogP contribution in [0.4, 0.5) is 24.7 Å². The summed E-state index contributed by atoms with van der Waals surface area (Å²) >= 11 is 4.68. The number of ether oxygens (including phenoxy) is 1. The summed E-state index contributed by atoms with van der Waals surface area (Å²) in [5.41, 5.74) is -3.45. The second kappa shape index (κ2) is 8.14. The molecule has 7 nitrogen and oxygen atoms in total. The first-order chi connectivity index (χ1) is 13.7. The van der Waals surface area contributed by atoms with Gasteiger partial charge >= 0.3 is 5.57 Å². The Bertz CT molecular complexity index is 937. The highest BCUT2D eigenvalue weighted by Gasteiger charge is 2.33. The fraction of sp³-hybridized carbons (Fsp3) is 0.278. The Labute approximate surface area is 168 Å². The van der Waals surface area contributed by atoms with Crippen LogP contribution in [0.25, 0.3) is 0 Å². The van der Waals surface area contributed by atoms with Crippen LogP contribution < -0.4 is 15.0 Å². The van der Waals surface area contributed by atoms with E-state index in [0.717, 1.165) is 0 Å². The Morgan fingerprint density at radius 1 is 1.38 bits per heavy atom. The van der Waals surface area contributed by atoms with Crippen molar-refractivity contribution in [3.63, 3.8) is 0 Å². The number of halogens is 4. The molecule has 1 aliphatic rings. The normalized spacial score (nSPS) is 19.0. The van der Waals surface area contributed by atoms with E-state index in [1.807, 2.05) is 6.07 Å². The van der Waals surface area contributed by atoms with Crippen LogP contribution in [0.3, 0.4) is 0 Å². The number of nitrogens with zero attached hydrogens (tertiary/aromatic N) is 3. The fourth-order valence-corrected chi connectivity index (χ4v) is 2.87. The molecule has 29 heavy (non-hydrogen) atoms. The van der Waals surface area contributed by atoms with Crippen molar-refractivity contribution in [2.45, 2.75) is 17.8 Å². The van der Waals surface area contributed by atoms with Crippen molar-refractivity contribution in [3.05, 3.63) is 47.7 Å². The number of aliphatic hydroxyl groups is 1. The van der Waals surface area contributed by atoms with Crippen LogP contribution in [-0.4, -0.2) is 46.9 Å². The number of aromatic nitrogens is 1. The Kier molecular flexibility index (Phi) is 5.81. The Balaban J connectivity index is 1.72. The number of nitrogens with one attached hydrogen (secondary N) is 1. The second-order valence-electron chi connectivity index (χ2n) is 6.22. The zero-order valence-corrected chi connectivity index (χ0v) is 15.4. The summed E-state index contributed by atoms with van der Waals surface area (Å²) in [5.74, 6) is -0.617. The average Bonchev–Trinajstić information content (AvgIpc) is 3.00. The van der Waals surface area contributed by atoms with Crippen molar-refractivity contribution in [3.8, 4) is 11.8 Å². The summed E-state index contributed by atoms with van der Waals surface area (Å²) in [6, 6.07) is 8.24. The van der Waals surface area contributed by atoms with Crippen LogP contribution in [0.1, 0.15) is 15.9 Å². The molecule has 2 aromatic rings. The van der Waals surface area contributed by atoms with Crippen molar-refractivity contribution in [1.29, 1.82) is 5.26 Å². The number of anilines is 2. The zero-order chi connectivity index (χ0) is 21.2. The number of β-amino-alcohol motifs (C(OH)–C–C–N with tert-alkyl or cyclic N) is 1. The van der Waals surface area contributed by atoms with Gasteiger partial charge in [-0.05, 0) is 30.3 Å². The molecule has 1 saturated heterocycles. The maximum atomic E-state index is 13.5. The van der Waals surface area contributed by atoms with Gasteiger partial charge in [-0.1, -0.05) is 0 Å². The third-order valence-electron chi connectivity index (χ3n) is 4.11. The summed E-state index contributed by atoms with van der Waals surface area (Å²) in [6.07, 6.45) is -1.40. The molecule has 1 aromatic heterocycles. The molecule has 0 saturated carbocycles. The maximum Gasteiger partial charge on any atom is 0.487 e. The standard InChI is InChI=1S/C18H14ClF3N4O3/c19-18(21,22)29-13-3-1-12(2-4-13)25-17(28)11-5-10(6-23)16(24-7-11)26-8-14(20)15(27)9-26/h1-5,7,14-15,27H,8-9H2,(H,25,28). The predicted molar refractivity (Wildman–Crippen MR) is 97.9 cm³/mol. The maximum absolute atomic E-state index is 13.5. The van der Waals surface area contributed by atoms with Crippen molar-refractivity contribution in [2.75, 3.05) is 23.3 Å². The van der Waals surface area contributed by atoms with Crippen LogP contribution in [0.15, 0.2) is 36.5 Å². The Morgan fingerprint density at radius 2 is 2.07 bits per heavy atom. The number of benzene rings is 1. The van der Waals surface area contributed by atoms with E-state index < -0.39 is 23.8 Å². The molecular formula is C18H14ClF3N4O3. The third-order valence-corrected chi connectivity index (χ3v) is 4.19. The molecule has 0 bridgehead atoms. The lowest BCUT2D eigenvalue weighted by Crippen LogP contribution is -2.24. The molecule has 152 valence electrons. The molecule has 1 amide bonds. The lowest BCUT2D eigenvalue weighted by atomic mass is 10.1. The number of carbonyl (C=O) groups is 1. The van der Waals surface area contributed by atoms with Crippen LogP contribution in [-0.2, 0) is 0 Å². The molecule has 2 heterocycles. The van der Waals surface area contributed by atoms with Crippen LogP contribution in [0, 0.1) is 11.3 Å². The summed E-state index contributed by atoms with van der Waals surface area (Å²) in [7, 11) is 0. The lowest BCUT2D eigenvalue weighted by molar-refractivity contribution is -0.0964. The highest BCUT2D eigenvalue weighted by molar-refractivity contribution is 6.20. The molecule has 3 rings (SSSR count). The lowest BCUT2D eigenvalue weighted by Gasteiger charge is -2.18. The van der Waals surface area contributed by atoms with Crippen LogP contribution in [0.2, 0.25) is 0 Å². The molecule has 1 fully saturated rings. The number of aliphatic hydroxyl groups excluding tert-OH is 1. The molecule has 2 atom stereocenters. The Morgan fingerprint density at radius 3 is 2.62 bits per heavy atom. The highest BCUT2D eigenvalue weighted by Crippen LogP contribution is 2.27. The number of rotatable bonds is 5. The summed E-state index contributed by atoms with van der Waals surface area (Å²) < 4.78 is 42.9. The topological polar surface area (TPSA) is 98.5 Å². The first-order valence-corrected chi connectivity index (χ1v) is 8.68. The van der Waals surface area contributed by atoms with Crippen molar-refractivity contribution >= 4 is 29.0 Å². The highest BCUT2D eigenvalue weighted by atomic mass is 35.5. The molecule has 2 N–H and O–H groups in total. The number of hydrogen-bond donors (Lipinski definition) is 2. The van der Waals surface area contributed by atoms with Gasteiger partial charge in [0.15, 0.2) is 0 Å². The van der Waals surface area contributed by atoms with E-state index in [4.69, 9.17) is 0 Å². The Hall–Kier alpha value is -3.03. The minimum atomic E-state index is -3.85. The van der Waals surface area contributed by atoms with Gasteiger partial charge in [-0.25, -0.2) is 9.37 Å². The number of hydrogen-bond acceptors (Lipinski definition) is 6. The van der Waals surface area contributed by atoms with Crippen molar-refractivity contribution in [2.24, 2.45) is 0 Å². The summed E-state index contributed by atoms with van der Waals surface area (Å²) in [4.78, 5) is 17.9. The molecule has 2 unspecified atom stereocenters. The first kappa shape index (κ1) is 20.7. The van der Waals surface area contributed by atoms with Crippen molar-refractivity contribution < 1.29 is 27.8 Å². The van der Waals surface area contributed by atoms with E-state index in [1.165, 1.54) is 41.4 Å². The number of pyridine rings is 1. The molecule has 0 aliphatic carbocycles. The van der Waals surface area contributed by atoms with Gasteiger partial charge in [0.2, 0.25) is 0 Å². The molecule has 1 aliphatic heterocycles. The van der Waals surface area contributed by atoms with Crippen molar-refractivity contribution in [1.82, 2.24) is 4.98 Å². The molecular weight excluding hydrogens is 413 g/mol. The minimum absolute atomic E-state index is 0.00976. The summed E-state index contributed by atoms with van der Waals surface area (Å²) in [6.45, 7) is -0.117. The number of alkyl halides is 4. The van der Waals surface area contributed by atoms with E-state index in [2.05, 4.69) is 26.6 Å². The fourth-order valence-electron chi connectivity index (χ4n) is 2.78. The minimum Gasteiger partial charge on any atom is -0.420 e. The monoisotopic (exact) mass is 426 g/mol. The van der Waals surface area contributed by atoms with Gasteiger partial charge in [0, 0.05) is 30.0 Å². The number of carbonyl (C=O) groups excluding carboxylic acids is 1. The zero-order valence-electron chi connectivity index (χ0n) is 14.7. The van der Waals surface area contributed by atoms with Crippen LogP contribution >= 0.6 is 11.6 Å². The van der Waals surface area contributed by atoms with Gasteiger partial charge in [0.05, 0.1) is 17.7 Å². The van der Waals surface area contributed by atoms with E-state index in [1.54, 1.807) is 0 Å². The molecule has 0 radical (unpaired) electrons. The molecule has 11 heteroatoms. The molecule has 1 aromatic carbocycles. The van der Waals surface area contributed by atoms with Gasteiger partial charge in [0.1, 0.15) is 29.9 Å². The smallest absolute Gasteiger partial charge is 0.420 e. The number of amides is 1. The van der Waals surface area contributed by atoms with Crippen LogP contribution in [0.5, 0.6) is 5.75 Å². The van der Waals surface area contributed by atoms with E-state index >= 15 is 0 Å². The number of nitriles is 1. The van der Waals surface area contributed by atoms with Gasteiger partial charge in [-0.2, -0.15) is 5.26 Å². The van der Waals surface area contributed by atoms with Gasteiger partial charge in [0.25, 0.3) is 5.91 Å². The SMILES string of the molecule is N#Cc1cc(C(=O)Nc2ccc(OC(F)(F)Cl)cc2)cnc1N1CC(O)C(F)C1. The van der Waals surface area contributed by atoms with Gasteiger partial charge in [-0.3, -0.25) is 4.79 Å². The van der Waals surface area contributed by atoms with E-state index in [9.17, 15) is 28.3 Å². The van der Waals surface area contributed by atoms with Gasteiger partial charge in [-0.15, -0.1) is 8.78 Å². The third kappa shape index (κ3) is 5.07.